The molecule has 90 valence electrons. The molecule has 1 atom stereocenters. The lowest BCUT2D eigenvalue weighted by Crippen LogP contribution is -2.17. The molecule has 0 spiro atoms. The van der Waals surface area contributed by atoms with Crippen LogP contribution in [-0.2, 0) is 11.2 Å². The average Bonchev–Trinajstić information content (AvgIpc) is 2.24. The molecule has 0 radical (unpaired) electrons. The maximum Gasteiger partial charge on any atom is 0.119 e. The zero-order valence-electron chi connectivity index (χ0n) is 10.1. The van der Waals surface area contributed by atoms with Crippen LogP contribution < -0.4 is 10.5 Å². The van der Waals surface area contributed by atoms with E-state index in [1.165, 1.54) is 5.56 Å². The average molecular weight is 223 g/mol. The third-order valence-corrected chi connectivity index (χ3v) is 2.16. The van der Waals surface area contributed by atoms with Gasteiger partial charge in [-0.25, -0.2) is 0 Å². The van der Waals surface area contributed by atoms with Crippen molar-refractivity contribution in [3.05, 3.63) is 29.8 Å². The molecule has 0 aromatic heterocycles. The fourth-order valence-corrected chi connectivity index (χ4v) is 1.50. The quantitative estimate of drug-likeness (QED) is 0.719. The van der Waals surface area contributed by atoms with Crippen LogP contribution in [-0.4, -0.2) is 25.9 Å². The van der Waals surface area contributed by atoms with Gasteiger partial charge in [-0.1, -0.05) is 12.1 Å². The van der Waals surface area contributed by atoms with Crippen LogP contribution in [0.1, 0.15) is 19.4 Å². The zero-order valence-corrected chi connectivity index (χ0v) is 10.1. The Labute approximate surface area is 97.6 Å². The lowest BCUT2D eigenvalue weighted by Gasteiger charge is -2.09. The Morgan fingerprint density at radius 2 is 2.12 bits per heavy atom. The maximum atomic E-state index is 5.75. The van der Waals surface area contributed by atoms with E-state index in [0.29, 0.717) is 13.2 Å². The molecule has 0 aliphatic rings. The number of rotatable bonds is 7. The molecular weight excluding hydrogens is 202 g/mol. The van der Waals surface area contributed by atoms with Crippen molar-refractivity contribution in [3.63, 3.8) is 0 Å². The Bertz CT molecular complexity index is 300. The SMILES string of the molecule is CCOCCOc1cccc(CC(C)N)c1. The molecule has 1 aromatic carbocycles. The Kier molecular flexibility index (Phi) is 5.90. The van der Waals surface area contributed by atoms with E-state index >= 15 is 0 Å². The van der Waals surface area contributed by atoms with Gasteiger partial charge in [-0.15, -0.1) is 0 Å². The largest absolute Gasteiger partial charge is 0.491 e. The van der Waals surface area contributed by atoms with Crippen molar-refractivity contribution in [1.82, 2.24) is 0 Å². The lowest BCUT2D eigenvalue weighted by molar-refractivity contribution is 0.110. The molecule has 0 amide bonds. The van der Waals surface area contributed by atoms with Gasteiger partial charge in [-0.2, -0.15) is 0 Å². The van der Waals surface area contributed by atoms with Crippen LogP contribution >= 0.6 is 0 Å². The third kappa shape index (κ3) is 5.14. The molecule has 0 heterocycles. The van der Waals surface area contributed by atoms with Crippen LogP contribution in [0.4, 0.5) is 0 Å². The summed E-state index contributed by atoms with van der Waals surface area (Å²) in [5.41, 5.74) is 6.97. The third-order valence-electron chi connectivity index (χ3n) is 2.16. The summed E-state index contributed by atoms with van der Waals surface area (Å²) in [6, 6.07) is 8.23. The molecule has 3 heteroatoms. The predicted molar refractivity (Wildman–Crippen MR) is 65.8 cm³/mol. The van der Waals surface area contributed by atoms with Gasteiger partial charge in [0.1, 0.15) is 12.4 Å². The molecule has 1 aromatic rings. The zero-order chi connectivity index (χ0) is 11.8. The summed E-state index contributed by atoms with van der Waals surface area (Å²) in [5.74, 6) is 0.887. The van der Waals surface area contributed by atoms with Crippen molar-refractivity contribution in [2.45, 2.75) is 26.3 Å². The highest BCUT2D eigenvalue weighted by Crippen LogP contribution is 2.14. The van der Waals surface area contributed by atoms with Gasteiger partial charge in [0.05, 0.1) is 6.61 Å². The number of nitrogens with two attached hydrogens (primary N) is 1. The summed E-state index contributed by atoms with van der Waals surface area (Å²) in [6.07, 6.45) is 0.878. The Balaban J connectivity index is 2.41. The monoisotopic (exact) mass is 223 g/mol. The van der Waals surface area contributed by atoms with Gasteiger partial charge in [0, 0.05) is 12.6 Å². The van der Waals surface area contributed by atoms with Gasteiger partial charge in [0.15, 0.2) is 0 Å². The van der Waals surface area contributed by atoms with Crippen molar-refractivity contribution in [2.75, 3.05) is 19.8 Å². The fourth-order valence-electron chi connectivity index (χ4n) is 1.50. The van der Waals surface area contributed by atoms with Crippen LogP contribution in [0.2, 0.25) is 0 Å². The lowest BCUT2D eigenvalue weighted by atomic mass is 10.1. The van der Waals surface area contributed by atoms with Crippen LogP contribution in [0.3, 0.4) is 0 Å². The smallest absolute Gasteiger partial charge is 0.119 e. The number of hydrogen-bond acceptors (Lipinski definition) is 3. The maximum absolute atomic E-state index is 5.75. The summed E-state index contributed by atoms with van der Waals surface area (Å²) in [5, 5.41) is 0. The second-order valence-electron chi connectivity index (χ2n) is 3.87. The van der Waals surface area contributed by atoms with Crippen molar-refractivity contribution >= 4 is 0 Å². The van der Waals surface area contributed by atoms with E-state index in [-0.39, 0.29) is 6.04 Å². The summed E-state index contributed by atoms with van der Waals surface area (Å²) >= 11 is 0. The van der Waals surface area contributed by atoms with Crippen molar-refractivity contribution in [3.8, 4) is 5.75 Å². The van der Waals surface area contributed by atoms with Gasteiger partial charge < -0.3 is 15.2 Å². The molecule has 0 saturated carbocycles. The van der Waals surface area contributed by atoms with Crippen molar-refractivity contribution in [1.29, 1.82) is 0 Å². The molecule has 0 aliphatic carbocycles. The first kappa shape index (κ1) is 13.0. The Hall–Kier alpha value is -1.06. The van der Waals surface area contributed by atoms with Crippen molar-refractivity contribution < 1.29 is 9.47 Å². The van der Waals surface area contributed by atoms with Gasteiger partial charge in [-0.05, 0) is 38.0 Å². The molecule has 2 N–H and O–H groups in total. The van der Waals surface area contributed by atoms with Crippen LogP contribution in [0.5, 0.6) is 5.75 Å². The van der Waals surface area contributed by atoms with Gasteiger partial charge in [-0.3, -0.25) is 0 Å². The Morgan fingerprint density at radius 1 is 1.31 bits per heavy atom. The topological polar surface area (TPSA) is 44.5 Å². The summed E-state index contributed by atoms with van der Waals surface area (Å²) in [6.45, 7) is 5.93. The highest BCUT2D eigenvalue weighted by molar-refractivity contribution is 5.28. The van der Waals surface area contributed by atoms with E-state index in [0.717, 1.165) is 18.8 Å². The number of ether oxygens (including phenoxy) is 2. The summed E-state index contributed by atoms with van der Waals surface area (Å²) in [7, 11) is 0. The van der Waals surface area contributed by atoms with E-state index in [1.54, 1.807) is 0 Å². The molecule has 0 saturated heterocycles. The molecule has 1 rings (SSSR count). The highest BCUT2D eigenvalue weighted by Gasteiger charge is 2.00. The molecular formula is C13H21NO2. The van der Waals surface area contributed by atoms with Gasteiger partial charge in [0.25, 0.3) is 0 Å². The molecule has 0 bridgehead atoms. The fraction of sp³-hybridized carbons (Fsp3) is 0.538. The molecule has 3 nitrogen and oxygen atoms in total. The molecule has 0 fully saturated rings. The minimum absolute atomic E-state index is 0.179. The minimum atomic E-state index is 0.179. The first-order valence-electron chi connectivity index (χ1n) is 5.77. The Morgan fingerprint density at radius 3 is 2.81 bits per heavy atom. The highest BCUT2D eigenvalue weighted by atomic mass is 16.5. The second kappa shape index (κ2) is 7.25. The predicted octanol–water partition coefficient (Wildman–Crippen LogP) is 1.99. The van der Waals surface area contributed by atoms with E-state index in [4.69, 9.17) is 15.2 Å². The van der Waals surface area contributed by atoms with E-state index in [1.807, 2.05) is 32.0 Å². The second-order valence-corrected chi connectivity index (χ2v) is 3.87. The molecule has 0 aliphatic heterocycles. The van der Waals surface area contributed by atoms with E-state index in [2.05, 4.69) is 6.07 Å². The summed E-state index contributed by atoms with van der Waals surface area (Å²) < 4.78 is 10.8. The van der Waals surface area contributed by atoms with Gasteiger partial charge in [0.2, 0.25) is 0 Å². The minimum Gasteiger partial charge on any atom is -0.491 e. The number of hydrogen-bond donors (Lipinski definition) is 1. The number of benzene rings is 1. The van der Waals surface area contributed by atoms with Crippen LogP contribution in [0.25, 0.3) is 0 Å². The van der Waals surface area contributed by atoms with Crippen molar-refractivity contribution in [2.24, 2.45) is 5.73 Å². The van der Waals surface area contributed by atoms with Crippen LogP contribution in [0.15, 0.2) is 24.3 Å². The van der Waals surface area contributed by atoms with E-state index < -0.39 is 0 Å². The molecule has 16 heavy (non-hydrogen) atoms. The normalized spacial score (nSPS) is 12.4. The summed E-state index contributed by atoms with van der Waals surface area (Å²) in [4.78, 5) is 0. The first-order valence-corrected chi connectivity index (χ1v) is 5.77. The van der Waals surface area contributed by atoms with E-state index in [9.17, 15) is 0 Å². The first-order chi connectivity index (χ1) is 7.72. The van der Waals surface area contributed by atoms with Gasteiger partial charge >= 0.3 is 0 Å². The van der Waals surface area contributed by atoms with Crippen LogP contribution in [0, 0.1) is 0 Å². The standard InChI is InChI=1S/C13H21NO2/c1-3-15-7-8-16-13-6-4-5-12(10-13)9-11(2)14/h4-6,10-11H,3,7-9,14H2,1-2H3. The molecule has 1 unspecified atom stereocenters.